The number of hydrogen-bond donors (Lipinski definition) is 0. The van der Waals surface area contributed by atoms with Crippen LogP contribution in [-0.2, 0) is 27.4 Å². The SMILES string of the molecule is O=C(CCc1cccc(-c2cnc(C(F)(F)F)cn2)c1)[C@@H]1CCCN1S(=O)(=O)c1cc2ccccc2o1. The number of hydrogen-bond acceptors (Lipinski definition) is 6. The molecule has 7 nitrogen and oxygen atoms in total. The fourth-order valence-corrected chi connectivity index (χ4v) is 6.12. The van der Waals surface area contributed by atoms with Crippen LogP contribution in [-0.4, -0.2) is 41.1 Å². The number of aromatic nitrogens is 2. The number of para-hydroxylation sites is 1. The summed E-state index contributed by atoms with van der Waals surface area (Å²) < 4.78 is 71.6. The summed E-state index contributed by atoms with van der Waals surface area (Å²) in [6, 6.07) is 14.6. The zero-order valence-corrected chi connectivity index (χ0v) is 20.3. The average molecular weight is 530 g/mol. The highest BCUT2D eigenvalue weighted by atomic mass is 32.2. The molecule has 11 heteroatoms. The molecule has 192 valence electrons. The van der Waals surface area contributed by atoms with Crippen molar-refractivity contribution in [2.75, 3.05) is 6.54 Å². The second kappa shape index (κ2) is 9.71. The van der Waals surface area contributed by atoms with E-state index in [1.807, 2.05) is 0 Å². The number of carbonyl (C=O) groups excluding carboxylic acids is 1. The highest BCUT2D eigenvalue weighted by molar-refractivity contribution is 7.89. The third-order valence-electron chi connectivity index (χ3n) is 6.37. The standard InChI is InChI=1S/C26H22F3N3O4S/c27-26(28,29)24-16-30-20(15-31-24)18-7-3-5-17(13-18)10-11-22(33)21-8-4-12-32(21)37(34,35)25-14-19-6-1-2-9-23(19)36-25/h1-3,5-7,9,13-16,21H,4,8,10-12H2/t21-/m0/s1. The van der Waals surface area contributed by atoms with Crippen LogP contribution < -0.4 is 0 Å². The molecule has 0 N–H and O–H groups in total. The van der Waals surface area contributed by atoms with E-state index in [0.717, 1.165) is 11.8 Å². The largest absolute Gasteiger partial charge is 0.443 e. The van der Waals surface area contributed by atoms with E-state index in [1.54, 1.807) is 48.5 Å². The van der Waals surface area contributed by atoms with Crippen molar-refractivity contribution < 1.29 is 30.8 Å². The predicted octanol–water partition coefficient (Wildman–Crippen LogP) is 5.26. The predicted molar refractivity (Wildman–Crippen MR) is 129 cm³/mol. The molecule has 0 unspecified atom stereocenters. The van der Waals surface area contributed by atoms with Crippen molar-refractivity contribution in [3.63, 3.8) is 0 Å². The van der Waals surface area contributed by atoms with Gasteiger partial charge >= 0.3 is 6.18 Å². The van der Waals surface area contributed by atoms with Crippen molar-refractivity contribution in [3.8, 4) is 11.3 Å². The summed E-state index contributed by atoms with van der Waals surface area (Å²) in [4.78, 5) is 20.4. The van der Waals surface area contributed by atoms with Gasteiger partial charge in [-0.25, -0.2) is 13.4 Å². The molecule has 1 saturated heterocycles. The highest BCUT2D eigenvalue weighted by Crippen LogP contribution is 2.31. The molecule has 1 atom stereocenters. The van der Waals surface area contributed by atoms with E-state index in [9.17, 15) is 26.4 Å². The smallest absolute Gasteiger partial charge is 0.434 e. The molecule has 0 aliphatic carbocycles. The average Bonchev–Trinajstić information content (AvgIpc) is 3.55. The van der Waals surface area contributed by atoms with Gasteiger partial charge in [-0.15, -0.1) is 0 Å². The molecule has 37 heavy (non-hydrogen) atoms. The van der Waals surface area contributed by atoms with Crippen molar-refractivity contribution in [2.24, 2.45) is 0 Å². The van der Waals surface area contributed by atoms with Gasteiger partial charge in [0.1, 0.15) is 5.58 Å². The van der Waals surface area contributed by atoms with E-state index in [1.165, 1.54) is 10.4 Å². The number of ketones is 1. The first-order chi connectivity index (χ1) is 17.6. The molecule has 5 rings (SSSR count). The Morgan fingerprint density at radius 1 is 1.05 bits per heavy atom. The minimum Gasteiger partial charge on any atom is -0.443 e. The Labute approximate surface area is 211 Å². The molecule has 0 spiro atoms. The Hall–Kier alpha value is -3.57. The molecule has 1 aliphatic heterocycles. The number of Topliss-reactive ketones (excluding diaryl/α,β-unsaturated/α-hetero) is 1. The van der Waals surface area contributed by atoms with E-state index in [4.69, 9.17) is 4.42 Å². The number of sulfonamides is 1. The third-order valence-corrected chi connectivity index (χ3v) is 8.13. The number of carbonyl (C=O) groups is 1. The lowest BCUT2D eigenvalue weighted by Crippen LogP contribution is -2.40. The first-order valence-electron chi connectivity index (χ1n) is 11.6. The lowest BCUT2D eigenvalue weighted by atomic mass is 10.0. The van der Waals surface area contributed by atoms with Crippen LogP contribution in [0, 0.1) is 0 Å². The van der Waals surface area contributed by atoms with Crippen LogP contribution in [0.4, 0.5) is 13.2 Å². The molecule has 1 fully saturated rings. The molecular formula is C26H22F3N3O4S. The molecule has 0 saturated carbocycles. The fraction of sp³-hybridized carbons (Fsp3) is 0.269. The summed E-state index contributed by atoms with van der Waals surface area (Å²) >= 11 is 0. The van der Waals surface area contributed by atoms with Crippen LogP contribution in [0.2, 0.25) is 0 Å². The van der Waals surface area contributed by atoms with Crippen molar-refractivity contribution in [3.05, 3.63) is 78.2 Å². The summed E-state index contributed by atoms with van der Waals surface area (Å²) in [5.74, 6) is -0.197. The molecule has 2 aromatic heterocycles. The van der Waals surface area contributed by atoms with Crippen LogP contribution in [0.3, 0.4) is 0 Å². The summed E-state index contributed by atoms with van der Waals surface area (Å²) in [6.45, 7) is 0.234. The normalized spacial score (nSPS) is 16.9. The monoisotopic (exact) mass is 529 g/mol. The molecule has 0 bridgehead atoms. The maximum absolute atomic E-state index is 13.3. The van der Waals surface area contributed by atoms with Gasteiger partial charge in [0.15, 0.2) is 11.5 Å². The van der Waals surface area contributed by atoms with Crippen LogP contribution in [0.5, 0.6) is 0 Å². The Kier molecular flexibility index (Phi) is 6.59. The number of aryl methyl sites for hydroxylation is 1. The number of halogens is 3. The first-order valence-corrected chi connectivity index (χ1v) is 13.1. The highest BCUT2D eigenvalue weighted by Gasteiger charge is 2.40. The van der Waals surface area contributed by atoms with Crippen LogP contribution in [0.25, 0.3) is 22.2 Å². The van der Waals surface area contributed by atoms with Gasteiger partial charge in [-0.1, -0.05) is 36.4 Å². The fourth-order valence-electron chi connectivity index (χ4n) is 4.49. The summed E-state index contributed by atoms with van der Waals surface area (Å²) in [7, 11) is -3.98. The summed E-state index contributed by atoms with van der Waals surface area (Å²) in [6.07, 6.45) is -1.37. The maximum Gasteiger partial charge on any atom is 0.434 e. The third kappa shape index (κ3) is 5.14. The van der Waals surface area contributed by atoms with E-state index in [-0.39, 0.29) is 29.5 Å². The number of fused-ring (bicyclic) bond motifs is 1. The van der Waals surface area contributed by atoms with Gasteiger partial charge in [-0.2, -0.15) is 17.5 Å². The topological polar surface area (TPSA) is 93.4 Å². The van der Waals surface area contributed by atoms with Gasteiger partial charge < -0.3 is 4.42 Å². The van der Waals surface area contributed by atoms with Gasteiger partial charge in [0.2, 0.25) is 5.09 Å². The van der Waals surface area contributed by atoms with E-state index in [0.29, 0.717) is 42.0 Å². The molecule has 3 heterocycles. The van der Waals surface area contributed by atoms with Crippen LogP contribution in [0.15, 0.2) is 76.5 Å². The Balaban J connectivity index is 1.28. The molecule has 1 aliphatic rings. The second-order valence-corrected chi connectivity index (χ2v) is 10.6. The van der Waals surface area contributed by atoms with Crippen LogP contribution >= 0.6 is 0 Å². The van der Waals surface area contributed by atoms with E-state index in [2.05, 4.69) is 9.97 Å². The van der Waals surface area contributed by atoms with Crippen molar-refractivity contribution in [1.29, 1.82) is 0 Å². The van der Waals surface area contributed by atoms with Gasteiger partial charge in [-0.3, -0.25) is 9.78 Å². The van der Waals surface area contributed by atoms with Crippen molar-refractivity contribution in [2.45, 2.75) is 43.0 Å². The number of rotatable bonds is 7. The zero-order valence-electron chi connectivity index (χ0n) is 19.5. The number of benzene rings is 2. The van der Waals surface area contributed by atoms with Crippen LogP contribution in [0.1, 0.15) is 30.5 Å². The summed E-state index contributed by atoms with van der Waals surface area (Å²) in [5.41, 5.74) is 1.01. The maximum atomic E-state index is 13.3. The Bertz CT molecular complexity index is 1520. The van der Waals surface area contributed by atoms with Crippen molar-refractivity contribution >= 4 is 26.8 Å². The minimum atomic E-state index is -4.57. The quantitative estimate of drug-likeness (QED) is 0.324. The molecule has 4 aromatic rings. The Morgan fingerprint density at radius 3 is 2.59 bits per heavy atom. The Morgan fingerprint density at radius 2 is 1.86 bits per heavy atom. The lowest BCUT2D eigenvalue weighted by molar-refractivity contribution is -0.141. The number of nitrogens with zero attached hydrogens (tertiary/aromatic N) is 3. The number of alkyl halides is 3. The van der Waals surface area contributed by atoms with Gasteiger partial charge in [-0.05, 0) is 37.0 Å². The number of furan rings is 1. The molecular weight excluding hydrogens is 507 g/mol. The van der Waals surface area contributed by atoms with Gasteiger partial charge in [0.25, 0.3) is 10.0 Å². The zero-order chi connectivity index (χ0) is 26.2. The molecule has 2 aromatic carbocycles. The van der Waals surface area contributed by atoms with E-state index < -0.39 is 27.9 Å². The molecule has 0 amide bonds. The minimum absolute atomic E-state index is 0.110. The lowest BCUT2D eigenvalue weighted by Gasteiger charge is -2.21. The van der Waals surface area contributed by atoms with Gasteiger partial charge in [0, 0.05) is 30.0 Å². The van der Waals surface area contributed by atoms with E-state index >= 15 is 0 Å². The second-order valence-electron chi connectivity index (χ2n) is 8.83. The van der Waals surface area contributed by atoms with Crippen molar-refractivity contribution in [1.82, 2.24) is 14.3 Å². The summed E-state index contributed by atoms with van der Waals surface area (Å²) in [5, 5.41) is 0.486. The van der Waals surface area contributed by atoms with Gasteiger partial charge in [0.05, 0.1) is 24.1 Å². The first kappa shape index (κ1) is 25.1. The molecule has 0 radical (unpaired) electrons.